The van der Waals surface area contributed by atoms with E-state index in [1.807, 2.05) is 30.5 Å². The van der Waals surface area contributed by atoms with Crippen LogP contribution in [-0.4, -0.2) is 37.9 Å². The number of nitrogens with one attached hydrogen (secondary N) is 1. The number of methoxy groups -OCH3 is 1. The van der Waals surface area contributed by atoms with Crippen molar-refractivity contribution >= 4 is 26.5 Å². The summed E-state index contributed by atoms with van der Waals surface area (Å²) in [5.74, 6) is 0.324. The van der Waals surface area contributed by atoms with Crippen molar-refractivity contribution in [1.29, 1.82) is 0 Å². The number of rotatable bonds is 4. The van der Waals surface area contributed by atoms with Crippen molar-refractivity contribution < 1.29 is 17.5 Å². The van der Waals surface area contributed by atoms with Gasteiger partial charge in [-0.15, -0.1) is 0 Å². The number of aromatic amines is 1. The van der Waals surface area contributed by atoms with Crippen LogP contribution in [0.5, 0.6) is 5.75 Å². The third-order valence-electron chi connectivity index (χ3n) is 4.86. The van der Waals surface area contributed by atoms with E-state index in [0.29, 0.717) is 13.0 Å². The fourth-order valence-electron chi connectivity index (χ4n) is 3.36. The Morgan fingerprint density at radius 2 is 1.93 bits per heavy atom. The van der Waals surface area contributed by atoms with Crippen LogP contribution in [0.2, 0.25) is 0 Å². The smallest absolute Gasteiger partial charge is 0.243 e. The van der Waals surface area contributed by atoms with Crippen LogP contribution in [0.15, 0.2) is 59.6 Å². The van der Waals surface area contributed by atoms with Crippen LogP contribution in [0.3, 0.4) is 0 Å². The third kappa shape index (κ3) is 3.24. The zero-order chi connectivity index (χ0) is 19.0. The normalized spacial score (nSPS) is 15.7. The number of fused-ring (bicyclic) bond motifs is 1. The highest BCUT2D eigenvalue weighted by molar-refractivity contribution is 7.89. The summed E-state index contributed by atoms with van der Waals surface area (Å²) in [6, 6.07) is 10.8. The van der Waals surface area contributed by atoms with Gasteiger partial charge < -0.3 is 9.72 Å². The highest BCUT2D eigenvalue weighted by Crippen LogP contribution is 2.32. The molecule has 0 atom stereocenters. The lowest BCUT2D eigenvalue weighted by Crippen LogP contribution is -2.34. The molecule has 0 radical (unpaired) electrons. The zero-order valence-corrected chi connectivity index (χ0v) is 15.6. The van der Waals surface area contributed by atoms with E-state index in [1.165, 1.54) is 16.4 Å². The monoisotopic (exact) mass is 386 g/mol. The summed E-state index contributed by atoms with van der Waals surface area (Å²) in [7, 11) is -2.00. The summed E-state index contributed by atoms with van der Waals surface area (Å²) in [6.45, 7) is 0.661. The van der Waals surface area contributed by atoms with Crippen molar-refractivity contribution in [2.75, 3.05) is 20.2 Å². The average Bonchev–Trinajstić information content (AvgIpc) is 3.11. The lowest BCUT2D eigenvalue weighted by Gasteiger charge is -2.25. The molecule has 0 amide bonds. The fraction of sp³-hybridized carbons (Fsp3) is 0.200. The van der Waals surface area contributed by atoms with Gasteiger partial charge >= 0.3 is 0 Å². The Morgan fingerprint density at radius 1 is 1.15 bits per heavy atom. The lowest BCUT2D eigenvalue weighted by atomic mass is 9.99. The molecular formula is C20H19FN2O3S. The van der Waals surface area contributed by atoms with Gasteiger partial charge in [-0.2, -0.15) is 4.31 Å². The molecule has 5 nitrogen and oxygen atoms in total. The maximum atomic E-state index is 13.1. The molecule has 2 aromatic carbocycles. The predicted molar refractivity (Wildman–Crippen MR) is 103 cm³/mol. The molecule has 1 aromatic heterocycles. The van der Waals surface area contributed by atoms with E-state index in [9.17, 15) is 12.8 Å². The molecule has 3 aromatic rings. The minimum atomic E-state index is -3.63. The van der Waals surface area contributed by atoms with Crippen molar-refractivity contribution in [2.24, 2.45) is 0 Å². The van der Waals surface area contributed by atoms with Crippen molar-refractivity contribution in [3.63, 3.8) is 0 Å². The van der Waals surface area contributed by atoms with Crippen molar-refractivity contribution in [2.45, 2.75) is 11.3 Å². The molecule has 4 rings (SSSR count). The topological polar surface area (TPSA) is 62.4 Å². The Morgan fingerprint density at radius 3 is 2.59 bits per heavy atom. The molecule has 140 valence electrons. The van der Waals surface area contributed by atoms with Gasteiger partial charge in [0.2, 0.25) is 10.0 Å². The Labute approximate surface area is 157 Å². The SMILES string of the molecule is COc1ccc2[nH]cc(C3=CCN(S(=O)(=O)c4ccc(F)cc4)CC3)c2c1. The minimum Gasteiger partial charge on any atom is -0.497 e. The van der Waals surface area contributed by atoms with Crippen LogP contribution in [0.4, 0.5) is 4.39 Å². The average molecular weight is 386 g/mol. The molecule has 0 aliphatic carbocycles. The van der Waals surface area contributed by atoms with Crippen LogP contribution in [0.1, 0.15) is 12.0 Å². The summed E-state index contributed by atoms with van der Waals surface area (Å²) in [4.78, 5) is 3.35. The second kappa shape index (κ2) is 6.83. The number of halogens is 1. The summed E-state index contributed by atoms with van der Waals surface area (Å²) >= 11 is 0. The number of aromatic nitrogens is 1. The van der Waals surface area contributed by atoms with Crippen LogP contribution in [-0.2, 0) is 10.0 Å². The predicted octanol–water partition coefficient (Wildman–Crippen LogP) is 3.79. The maximum Gasteiger partial charge on any atom is 0.243 e. The second-order valence-corrected chi connectivity index (χ2v) is 8.35. The van der Waals surface area contributed by atoms with Gasteiger partial charge in [-0.25, -0.2) is 12.8 Å². The first kappa shape index (κ1) is 17.8. The van der Waals surface area contributed by atoms with Gasteiger partial charge in [-0.1, -0.05) is 6.08 Å². The fourth-order valence-corrected chi connectivity index (χ4v) is 4.74. The quantitative estimate of drug-likeness (QED) is 0.742. The minimum absolute atomic E-state index is 0.109. The van der Waals surface area contributed by atoms with Crippen LogP contribution < -0.4 is 4.74 Å². The van der Waals surface area contributed by atoms with Crippen LogP contribution in [0, 0.1) is 5.82 Å². The highest BCUT2D eigenvalue weighted by Gasteiger charge is 2.27. The molecule has 2 heterocycles. The van der Waals surface area contributed by atoms with Crippen molar-refractivity contribution in [3.8, 4) is 5.75 Å². The van der Waals surface area contributed by atoms with Gasteiger partial charge in [0.25, 0.3) is 0 Å². The second-order valence-electron chi connectivity index (χ2n) is 6.41. The molecule has 1 aliphatic heterocycles. The Bertz CT molecular complexity index is 1120. The van der Waals surface area contributed by atoms with Crippen LogP contribution in [0.25, 0.3) is 16.5 Å². The van der Waals surface area contributed by atoms with Gasteiger partial charge in [-0.05, 0) is 54.5 Å². The number of hydrogen-bond donors (Lipinski definition) is 1. The van der Waals surface area contributed by atoms with E-state index in [2.05, 4.69) is 4.98 Å². The number of H-pyrrole nitrogens is 1. The molecule has 0 saturated carbocycles. The summed E-state index contributed by atoms with van der Waals surface area (Å²) in [5, 5.41) is 1.05. The largest absolute Gasteiger partial charge is 0.497 e. The van der Waals surface area contributed by atoms with E-state index in [-0.39, 0.29) is 11.4 Å². The first-order valence-corrected chi connectivity index (χ1v) is 10.0. The van der Waals surface area contributed by atoms with Crippen molar-refractivity contribution in [3.05, 3.63) is 66.1 Å². The van der Waals surface area contributed by atoms with Crippen molar-refractivity contribution in [1.82, 2.24) is 9.29 Å². The molecule has 0 unspecified atom stereocenters. The third-order valence-corrected chi connectivity index (χ3v) is 6.74. The number of sulfonamides is 1. The Balaban J connectivity index is 1.61. The molecule has 0 spiro atoms. The molecule has 1 aliphatic rings. The van der Waals surface area contributed by atoms with Gasteiger partial charge in [0.05, 0.1) is 12.0 Å². The molecule has 0 fully saturated rings. The Kier molecular flexibility index (Phi) is 4.49. The zero-order valence-electron chi connectivity index (χ0n) is 14.8. The van der Waals surface area contributed by atoms with E-state index in [0.717, 1.165) is 39.9 Å². The summed E-state index contributed by atoms with van der Waals surface area (Å²) < 4.78 is 45.3. The number of ether oxygens (including phenoxy) is 1. The van der Waals surface area contributed by atoms with Crippen LogP contribution >= 0.6 is 0 Å². The van der Waals surface area contributed by atoms with E-state index in [1.54, 1.807) is 7.11 Å². The van der Waals surface area contributed by atoms with E-state index >= 15 is 0 Å². The molecule has 0 bridgehead atoms. The molecular weight excluding hydrogens is 367 g/mol. The molecule has 27 heavy (non-hydrogen) atoms. The van der Waals surface area contributed by atoms with Gasteiger partial charge in [0.15, 0.2) is 0 Å². The van der Waals surface area contributed by atoms with Gasteiger partial charge in [0.1, 0.15) is 11.6 Å². The van der Waals surface area contributed by atoms with E-state index in [4.69, 9.17) is 4.74 Å². The first-order chi connectivity index (χ1) is 13.0. The van der Waals surface area contributed by atoms with E-state index < -0.39 is 15.8 Å². The Hall–Kier alpha value is -2.64. The first-order valence-electron chi connectivity index (χ1n) is 8.59. The highest BCUT2D eigenvalue weighted by atomic mass is 32.2. The summed E-state index contributed by atoms with van der Waals surface area (Å²) in [5.41, 5.74) is 3.16. The molecule has 7 heteroatoms. The molecule has 1 N–H and O–H groups in total. The van der Waals surface area contributed by atoms with Gasteiger partial charge in [0, 0.05) is 35.8 Å². The summed E-state index contributed by atoms with van der Waals surface area (Å²) in [6.07, 6.45) is 4.48. The number of hydrogen-bond acceptors (Lipinski definition) is 3. The number of nitrogens with zero attached hydrogens (tertiary/aromatic N) is 1. The van der Waals surface area contributed by atoms with Gasteiger partial charge in [-0.3, -0.25) is 0 Å². The standard InChI is InChI=1S/C20H19FN2O3S/c1-26-16-4-7-20-18(12-16)19(13-22-20)14-8-10-23(11-9-14)27(24,25)17-5-2-15(21)3-6-17/h2-8,12-13,22H,9-11H2,1H3. The maximum absolute atomic E-state index is 13.1. The molecule has 0 saturated heterocycles. The lowest BCUT2D eigenvalue weighted by molar-refractivity contribution is 0.415. The number of benzene rings is 2.